The number of hydrogen-bond donors (Lipinski definition) is 2. The molecule has 0 unspecified atom stereocenters. The van der Waals surface area contributed by atoms with Gasteiger partial charge in [0, 0.05) is 46.3 Å². The topological polar surface area (TPSA) is 103 Å². The molecule has 0 spiro atoms. The van der Waals surface area contributed by atoms with Crippen LogP contribution >= 0.6 is 0 Å². The summed E-state index contributed by atoms with van der Waals surface area (Å²) < 4.78 is 14.8. The van der Waals surface area contributed by atoms with E-state index in [0.717, 1.165) is 61.2 Å². The zero-order valence-corrected chi connectivity index (χ0v) is 22.5. The van der Waals surface area contributed by atoms with Gasteiger partial charge in [0.15, 0.2) is 0 Å². The first-order valence-electron chi connectivity index (χ1n) is 13.3. The van der Waals surface area contributed by atoms with E-state index >= 15 is 0 Å². The van der Waals surface area contributed by atoms with Crippen LogP contribution in [0.1, 0.15) is 71.6 Å². The lowest BCUT2D eigenvalue weighted by Crippen LogP contribution is -2.08. The van der Waals surface area contributed by atoms with Crippen LogP contribution in [-0.2, 0) is 22.6 Å². The van der Waals surface area contributed by atoms with Gasteiger partial charge in [-0.2, -0.15) is 0 Å². The zero-order chi connectivity index (χ0) is 27.4. The minimum Gasteiger partial charge on any atom is -0.508 e. The van der Waals surface area contributed by atoms with Gasteiger partial charge in [0.1, 0.15) is 11.5 Å². The van der Waals surface area contributed by atoms with Gasteiger partial charge in [-0.25, -0.2) is 9.59 Å². The van der Waals surface area contributed by atoms with Gasteiger partial charge in [-0.3, -0.25) is 0 Å². The third-order valence-electron chi connectivity index (χ3n) is 7.09. The first-order valence-corrected chi connectivity index (χ1v) is 13.3. The molecule has 0 bridgehead atoms. The highest BCUT2D eigenvalue weighted by atomic mass is 16.5. The highest BCUT2D eigenvalue weighted by Gasteiger charge is 2.22. The predicted molar refractivity (Wildman–Crippen MR) is 147 cm³/mol. The molecule has 8 heteroatoms. The van der Waals surface area contributed by atoms with Gasteiger partial charge in [-0.1, -0.05) is 12.8 Å². The molecule has 0 saturated carbocycles. The minimum absolute atomic E-state index is 0.120. The molecule has 0 aliphatic heterocycles. The van der Waals surface area contributed by atoms with E-state index in [4.69, 9.17) is 9.47 Å². The van der Waals surface area contributed by atoms with Crippen LogP contribution in [0.4, 0.5) is 0 Å². The molecule has 0 saturated heterocycles. The maximum atomic E-state index is 12.6. The average molecular weight is 521 g/mol. The standard InChI is InChI=1S/C30H36N2O6/c1-5-37-29(35)27-19(3)31(25-13-11-21(33)17-23(25)27)15-9-7-8-10-16-32-20(4)28(30(36)38-6-2)24-18-22(34)12-14-26(24)32/h11-14,17-18,33-34H,5-10,15-16H2,1-4H3. The lowest BCUT2D eigenvalue weighted by Gasteiger charge is -2.11. The molecule has 2 heterocycles. The Hall–Kier alpha value is -3.94. The third kappa shape index (κ3) is 5.21. The number of rotatable bonds is 11. The highest BCUT2D eigenvalue weighted by Crippen LogP contribution is 2.32. The maximum absolute atomic E-state index is 12.6. The number of unbranched alkanes of at least 4 members (excludes halogenated alkanes) is 3. The Balaban J connectivity index is 1.43. The molecule has 0 atom stereocenters. The second-order valence-corrected chi connectivity index (χ2v) is 9.48. The van der Waals surface area contributed by atoms with Crippen molar-refractivity contribution in [2.75, 3.05) is 13.2 Å². The number of aromatic hydroxyl groups is 2. The Kier molecular flexibility index (Phi) is 8.29. The molecule has 2 aromatic carbocycles. The first-order chi connectivity index (χ1) is 18.3. The van der Waals surface area contributed by atoms with Gasteiger partial charge >= 0.3 is 11.9 Å². The second kappa shape index (κ2) is 11.6. The lowest BCUT2D eigenvalue weighted by molar-refractivity contribution is 0.0517. The molecule has 8 nitrogen and oxygen atoms in total. The molecule has 2 N–H and O–H groups in total. The normalized spacial score (nSPS) is 11.4. The molecular formula is C30H36N2O6. The monoisotopic (exact) mass is 520 g/mol. The van der Waals surface area contributed by atoms with E-state index in [0.29, 0.717) is 35.1 Å². The minimum atomic E-state index is -0.371. The third-order valence-corrected chi connectivity index (χ3v) is 7.09. The van der Waals surface area contributed by atoms with Crippen LogP contribution in [0.15, 0.2) is 36.4 Å². The van der Waals surface area contributed by atoms with Crippen molar-refractivity contribution in [1.29, 1.82) is 0 Å². The summed E-state index contributed by atoms with van der Waals surface area (Å²) in [6.45, 7) is 9.50. The molecule has 0 aliphatic carbocycles. The van der Waals surface area contributed by atoms with Crippen LogP contribution < -0.4 is 0 Å². The molecule has 4 aromatic rings. The Morgan fingerprint density at radius 2 is 1.08 bits per heavy atom. The van der Waals surface area contributed by atoms with Crippen molar-refractivity contribution in [3.63, 3.8) is 0 Å². The van der Waals surface area contributed by atoms with Crippen LogP contribution in [0, 0.1) is 13.8 Å². The number of phenols is 2. The van der Waals surface area contributed by atoms with E-state index in [-0.39, 0.29) is 23.4 Å². The maximum Gasteiger partial charge on any atom is 0.340 e. The number of phenolic OH excluding ortho intramolecular Hbond substituents is 2. The molecule has 38 heavy (non-hydrogen) atoms. The molecule has 4 rings (SSSR count). The number of esters is 2. The molecule has 202 valence electrons. The highest BCUT2D eigenvalue weighted by molar-refractivity contribution is 6.07. The second-order valence-electron chi connectivity index (χ2n) is 9.48. The van der Waals surface area contributed by atoms with Crippen molar-refractivity contribution in [2.24, 2.45) is 0 Å². The van der Waals surface area contributed by atoms with Crippen LogP contribution in [-0.4, -0.2) is 44.5 Å². The van der Waals surface area contributed by atoms with Crippen molar-refractivity contribution in [1.82, 2.24) is 9.13 Å². The number of nitrogens with zero attached hydrogens (tertiary/aromatic N) is 2. The van der Waals surface area contributed by atoms with Crippen molar-refractivity contribution < 1.29 is 29.3 Å². The van der Waals surface area contributed by atoms with Crippen LogP contribution in [0.2, 0.25) is 0 Å². The quantitative estimate of drug-likeness (QED) is 0.179. The summed E-state index contributed by atoms with van der Waals surface area (Å²) >= 11 is 0. The van der Waals surface area contributed by atoms with Gasteiger partial charge in [0.2, 0.25) is 0 Å². The average Bonchev–Trinajstić information content (AvgIpc) is 3.30. The van der Waals surface area contributed by atoms with Gasteiger partial charge in [-0.15, -0.1) is 0 Å². The number of carbonyl (C=O) groups excluding carboxylic acids is 2. The van der Waals surface area contributed by atoms with Crippen molar-refractivity contribution in [2.45, 2.75) is 66.5 Å². The van der Waals surface area contributed by atoms with Crippen LogP contribution in [0.3, 0.4) is 0 Å². The summed E-state index contributed by atoms with van der Waals surface area (Å²) in [5, 5.41) is 21.4. The summed E-state index contributed by atoms with van der Waals surface area (Å²) in [4.78, 5) is 25.2. The van der Waals surface area contributed by atoms with Gasteiger partial charge in [0.25, 0.3) is 0 Å². The zero-order valence-electron chi connectivity index (χ0n) is 22.5. The fourth-order valence-corrected chi connectivity index (χ4v) is 5.33. The lowest BCUT2D eigenvalue weighted by atomic mass is 10.1. The predicted octanol–water partition coefficient (Wildman–Crippen LogP) is 6.24. The first kappa shape index (κ1) is 27.1. The number of aryl methyl sites for hydroxylation is 2. The van der Waals surface area contributed by atoms with Crippen molar-refractivity contribution in [3.05, 3.63) is 58.9 Å². The Morgan fingerprint density at radius 3 is 1.45 bits per heavy atom. The summed E-state index contributed by atoms with van der Waals surface area (Å²) in [5.74, 6) is -0.503. The number of hydrogen-bond acceptors (Lipinski definition) is 6. The number of ether oxygens (including phenoxy) is 2. The van der Waals surface area contributed by atoms with E-state index < -0.39 is 0 Å². The van der Waals surface area contributed by atoms with E-state index in [1.165, 1.54) is 0 Å². The Morgan fingerprint density at radius 1 is 0.684 bits per heavy atom. The number of fused-ring (bicyclic) bond motifs is 2. The molecule has 0 fully saturated rings. The summed E-state index contributed by atoms with van der Waals surface area (Å²) in [7, 11) is 0. The molecule has 0 aliphatic rings. The van der Waals surface area contributed by atoms with E-state index in [9.17, 15) is 19.8 Å². The smallest absolute Gasteiger partial charge is 0.340 e. The van der Waals surface area contributed by atoms with Gasteiger partial charge in [-0.05, 0) is 76.9 Å². The fraction of sp³-hybridized carbons (Fsp3) is 0.400. The molecule has 2 aromatic heterocycles. The van der Waals surface area contributed by atoms with Crippen LogP contribution in [0.5, 0.6) is 11.5 Å². The van der Waals surface area contributed by atoms with Gasteiger partial charge in [0.05, 0.1) is 24.3 Å². The van der Waals surface area contributed by atoms with E-state index in [1.807, 2.05) is 26.0 Å². The van der Waals surface area contributed by atoms with E-state index in [2.05, 4.69) is 9.13 Å². The SMILES string of the molecule is CCOC(=O)c1c(C)n(CCCCCCn2c(C)c(C(=O)OCC)c3cc(O)ccc32)c2ccc(O)cc12. The van der Waals surface area contributed by atoms with Crippen molar-refractivity contribution in [3.8, 4) is 11.5 Å². The Labute approximate surface area is 222 Å². The van der Waals surface area contributed by atoms with Crippen molar-refractivity contribution >= 4 is 33.7 Å². The number of carbonyl (C=O) groups is 2. The summed E-state index contributed by atoms with van der Waals surface area (Å²) in [6.07, 6.45) is 3.85. The molecular weight excluding hydrogens is 484 g/mol. The van der Waals surface area contributed by atoms with Crippen LogP contribution in [0.25, 0.3) is 21.8 Å². The number of benzene rings is 2. The molecule has 0 amide bonds. The Bertz CT molecular complexity index is 1370. The van der Waals surface area contributed by atoms with Gasteiger partial charge < -0.3 is 28.8 Å². The molecule has 0 radical (unpaired) electrons. The number of aromatic nitrogens is 2. The van der Waals surface area contributed by atoms with E-state index in [1.54, 1.807) is 38.1 Å². The summed E-state index contributed by atoms with van der Waals surface area (Å²) in [5.41, 5.74) is 4.52. The fourth-order valence-electron chi connectivity index (χ4n) is 5.33. The summed E-state index contributed by atoms with van der Waals surface area (Å²) in [6, 6.07) is 10.2. The largest absolute Gasteiger partial charge is 0.508 e.